The Kier molecular flexibility index (Phi) is 4.49. The minimum atomic E-state index is -0.420. The molecule has 2 heterocycles. The Bertz CT molecular complexity index is 1070. The second-order valence-electron chi connectivity index (χ2n) is 6.67. The molecular formula is C21H20N3O2S+. The van der Waals surface area contributed by atoms with Crippen LogP contribution in [0.3, 0.4) is 0 Å². The number of ketones is 1. The van der Waals surface area contributed by atoms with Crippen LogP contribution in [0.15, 0.2) is 42.5 Å². The summed E-state index contributed by atoms with van der Waals surface area (Å²) < 4.78 is 3.09. The number of nitrogen functional groups attached to an aromatic ring is 1. The quantitative estimate of drug-likeness (QED) is 0.416. The van der Waals surface area contributed by atoms with Gasteiger partial charge in [0.1, 0.15) is 11.7 Å². The van der Waals surface area contributed by atoms with Crippen molar-refractivity contribution in [1.82, 2.24) is 5.32 Å². The normalized spacial score (nSPS) is 16.9. The number of benzene rings is 2. The highest BCUT2D eigenvalue weighted by molar-refractivity contribution is 7.19. The molecule has 0 radical (unpaired) electrons. The fourth-order valence-electron chi connectivity index (χ4n) is 3.36. The molecule has 0 saturated carbocycles. The first-order valence-electron chi connectivity index (χ1n) is 8.81. The van der Waals surface area contributed by atoms with Crippen molar-refractivity contribution in [3.05, 3.63) is 58.6 Å². The molecule has 1 amide bonds. The number of carbonyl (C=O) groups excluding carboxylic acids is 2. The number of carbonyl (C=O) groups is 2. The molecule has 1 fully saturated rings. The third kappa shape index (κ3) is 3.36. The van der Waals surface area contributed by atoms with Gasteiger partial charge in [-0.1, -0.05) is 29.5 Å². The Balaban J connectivity index is 1.70. The van der Waals surface area contributed by atoms with E-state index in [4.69, 9.17) is 5.73 Å². The predicted molar refractivity (Wildman–Crippen MR) is 108 cm³/mol. The zero-order valence-corrected chi connectivity index (χ0v) is 15.8. The maximum atomic E-state index is 12.9. The lowest BCUT2D eigenvalue weighted by atomic mass is 10.0. The lowest BCUT2D eigenvalue weighted by molar-refractivity contribution is -0.642. The van der Waals surface area contributed by atoms with Gasteiger partial charge in [-0.05, 0) is 42.3 Å². The second-order valence-corrected chi connectivity index (χ2v) is 7.74. The Morgan fingerprint density at radius 3 is 2.70 bits per heavy atom. The van der Waals surface area contributed by atoms with Crippen molar-refractivity contribution in [2.75, 3.05) is 5.73 Å². The van der Waals surface area contributed by atoms with Gasteiger partial charge in [0, 0.05) is 18.2 Å². The van der Waals surface area contributed by atoms with Crippen LogP contribution in [0.1, 0.15) is 33.8 Å². The van der Waals surface area contributed by atoms with Gasteiger partial charge < -0.3 is 11.1 Å². The number of nitrogens with zero attached hydrogens (tertiary/aromatic N) is 1. The summed E-state index contributed by atoms with van der Waals surface area (Å²) in [5.74, 6) is -0.0729. The number of rotatable bonds is 4. The topological polar surface area (TPSA) is 76.1 Å². The molecule has 1 saturated heterocycles. The van der Waals surface area contributed by atoms with Crippen molar-refractivity contribution in [3.8, 4) is 0 Å². The van der Waals surface area contributed by atoms with Crippen molar-refractivity contribution in [2.45, 2.75) is 18.9 Å². The van der Waals surface area contributed by atoms with E-state index in [1.807, 2.05) is 66.2 Å². The lowest BCUT2D eigenvalue weighted by Gasteiger charge is -2.08. The number of nitrogens with two attached hydrogens (primary N) is 1. The van der Waals surface area contributed by atoms with E-state index in [-0.39, 0.29) is 11.7 Å². The molecule has 27 heavy (non-hydrogen) atoms. The van der Waals surface area contributed by atoms with Crippen LogP contribution in [0.25, 0.3) is 22.4 Å². The highest BCUT2D eigenvalue weighted by Gasteiger charge is 2.32. The van der Waals surface area contributed by atoms with Crippen molar-refractivity contribution in [2.24, 2.45) is 7.05 Å². The molecule has 0 aliphatic carbocycles. The zero-order chi connectivity index (χ0) is 19.0. The van der Waals surface area contributed by atoms with Gasteiger partial charge in [0.2, 0.25) is 11.4 Å². The third-order valence-electron chi connectivity index (χ3n) is 4.81. The Morgan fingerprint density at radius 1 is 1.22 bits per heavy atom. The summed E-state index contributed by atoms with van der Waals surface area (Å²) in [6.45, 7) is 0. The summed E-state index contributed by atoms with van der Waals surface area (Å²) in [6.07, 6.45) is 5.05. The zero-order valence-electron chi connectivity index (χ0n) is 14.9. The number of anilines is 1. The smallest absolute Gasteiger partial charge is 0.262 e. The summed E-state index contributed by atoms with van der Waals surface area (Å²) in [5.41, 5.74) is 9.10. The van der Waals surface area contributed by atoms with Gasteiger partial charge in [-0.25, -0.2) is 0 Å². The predicted octanol–water partition coefficient (Wildman–Crippen LogP) is 2.94. The molecule has 3 aromatic rings. The van der Waals surface area contributed by atoms with Crippen molar-refractivity contribution in [1.29, 1.82) is 0 Å². The van der Waals surface area contributed by atoms with Crippen LogP contribution in [0.5, 0.6) is 0 Å². The highest BCUT2D eigenvalue weighted by Crippen LogP contribution is 2.26. The first kappa shape index (κ1) is 17.4. The third-order valence-corrected chi connectivity index (χ3v) is 5.98. The lowest BCUT2D eigenvalue weighted by Crippen LogP contribution is -2.36. The van der Waals surface area contributed by atoms with Crippen LogP contribution in [0.4, 0.5) is 5.69 Å². The molecule has 2 aromatic carbocycles. The maximum absolute atomic E-state index is 12.9. The fourth-order valence-corrected chi connectivity index (χ4v) is 4.44. The van der Waals surface area contributed by atoms with Gasteiger partial charge in [0.05, 0.1) is 11.6 Å². The summed E-state index contributed by atoms with van der Waals surface area (Å²) in [6, 6.07) is 13.0. The average Bonchev–Trinajstić information content (AvgIpc) is 3.24. The summed E-state index contributed by atoms with van der Waals surface area (Å²) in [4.78, 5) is 24.4. The minimum Gasteiger partial charge on any atom is -0.399 e. The molecule has 4 rings (SSSR count). The number of Topliss-reactive ketones (excluding diaryl/α,β-unsaturated/α-hetero) is 1. The Morgan fingerprint density at radius 2 is 2.00 bits per heavy atom. The van der Waals surface area contributed by atoms with Crippen LogP contribution in [-0.2, 0) is 11.8 Å². The molecule has 1 atom stereocenters. The van der Waals surface area contributed by atoms with Crippen LogP contribution < -0.4 is 15.6 Å². The number of hydrogen-bond donors (Lipinski definition) is 2. The van der Waals surface area contributed by atoms with Gasteiger partial charge in [-0.15, -0.1) is 0 Å². The largest absolute Gasteiger partial charge is 0.399 e. The first-order valence-corrected chi connectivity index (χ1v) is 9.63. The number of hydrogen-bond acceptors (Lipinski definition) is 4. The molecule has 1 aliphatic heterocycles. The molecule has 0 bridgehead atoms. The molecule has 5 nitrogen and oxygen atoms in total. The van der Waals surface area contributed by atoms with Gasteiger partial charge in [0.15, 0.2) is 5.78 Å². The van der Waals surface area contributed by atoms with Crippen LogP contribution in [0, 0.1) is 0 Å². The average molecular weight is 378 g/mol. The van der Waals surface area contributed by atoms with E-state index < -0.39 is 6.04 Å². The number of fused-ring (bicyclic) bond motifs is 1. The van der Waals surface area contributed by atoms with Crippen LogP contribution in [-0.4, -0.2) is 17.7 Å². The number of aromatic nitrogens is 1. The molecule has 0 spiro atoms. The van der Waals surface area contributed by atoms with Gasteiger partial charge in [-0.2, -0.15) is 4.57 Å². The molecule has 3 N–H and O–H groups in total. The summed E-state index contributed by atoms with van der Waals surface area (Å²) in [7, 11) is 1.96. The standard InChI is InChI=1S/C21H19N3O2S/c1-24-19(12-7-13-5-8-14(22)9-6-13)27-17-4-2-3-15(20(17)24)21(26)16-10-11-18(25)23-16/h2-9,12,16,22H,10-11H2,1H3,(H,23,25)/p+1. The maximum Gasteiger partial charge on any atom is 0.262 e. The Hall–Kier alpha value is -2.99. The Labute approximate surface area is 161 Å². The van der Waals surface area contributed by atoms with Crippen LogP contribution >= 0.6 is 11.3 Å². The number of amides is 1. The van der Waals surface area contributed by atoms with Gasteiger partial charge in [0.25, 0.3) is 5.01 Å². The SMILES string of the molecule is C[n+]1c(C=Cc2ccc(N)cc2)sc2cccc(C(=O)C3CCC(=O)N3)c21. The van der Waals surface area contributed by atoms with Crippen molar-refractivity contribution >= 4 is 51.1 Å². The minimum absolute atomic E-state index is 0.0195. The van der Waals surface area contributed by atoms with Crippen molar-refractivity contribution < 1.29 is 14.2 Å². The monoisotopic (exact) mass is 378 g/mol. The van der Waals surface area contributed by atoms with E-state index in [0.29, 0.717) is 18.4 Å². The van der Waals surface area contributed by atoms with E-state index in [0.717, 1.165) is 26.5 Å². The van der Waals surface area contributed by atoms with Gasteiger partial charge in [-0.3, -0.25) is 9.59 Å². The number of nitrogens with one attached hydrogen (secondary N) is 1. The van der Waals surface area contributed by atoms with E-state index >= 15 is 0 Å². The summed E-state index contributed by atoms with van der Waals surface area (Å²) >= 11 is 1.63. The van der Waals surface area contributed by atoms with Gasteiger partial charge >= 0.3 is 0 Å². The number of thiazole rings is 1. The molecule has 136 valence electrons. The van der Waals surface area contributed by atoms with E-state index in [2.05, 4.69) is 5.32 Å². The molecule has 1 aliphatic rings. The molecule has 1 aromatic heterocycles. The number of aryl methyl sites for hydroxylation is 1. The second kappa shape index (κ2) is 6.96. The number of para-hydroxylation sites is 1. The molecular weight excluding hydrogens is 358 g/mol. The molecule has 6 heteroatoms. The van der Waals surface area contributed by atoms with Crippen LogP contribution in [0.2, 0.25) is 0 Å². The fraction of sp³-hybridized carbons (Fsp3) is 0.190. The first-order chi connectivity index (χ1) is 13.0. The summed E-state index contributed by atoms with van der Waals surface area (Å²) in [5, 5.41) is 3.82. The van der Waals surface area contributed by atoms with Crippen molar-refractivity contribution in [3.63, 3.8) is 0 Å². The highest BCUT2D eigenvalue weighted by atomic mass is 32.1. The van der Waals surface area contributed by atoms with E-state index in [1.54, 1.807) is 11.3 Å². The van der Waals surface area contributed by atoms with E-state index in [1.165, 1.54) is 0 Å². The molecule has 1 unspecified atom stereocenters. The van der Waals surface area contributed by atoms with E-state index in [9.17, 15) is 9.59 Å².